The van der Waals surface area contributed by atoms with Crippen molar-refractivity contribution in [3.63, 3.8) is 0 Å². The van der Waals surface area contributed by atoms with Gasteiger partial charge < -0.3 is 9.73 Å². The Labute approximate surface area is 163 Å². The number of anilines is 1. The third-order valence-corrected chi connectivity index (χ3v) is 4.46. The predicted octanol–water partition coefficient (Wildman–Crippen LogP) is 5.69. The van der Waals surface area contributed by atoms with Gasteiger partial charge in [0.1, 0.15) is 11.9 Å². The second kappa shape index (κ2) is 7.64. The molecule has 4 nitrogen and oxygen atoms in total. The molecule has 3 aromatic carbocycles. The molecule has 0 fully saturated rings. The van der Waals surface area contributed by atoms with Gasteiger partial charge in [-0.2, -0.15) is 0 Å². The zero-order valence-corrected chi connectivity index (χ0v) is 15.7. The molecule has 5 heteroatoms. The molecule has 4 rings (SSSR count). The smallest absolute Gasteiger partial charge is 0.250 e. The molecule has 4 aromatic rings. The van der Waals surface area contributed by atoms with Crippen LogP contribution in [-0.4, -0.2) is 10.2 Å². The molecule has 0 aliphatic rings. The molecular weight excluding hydrogens is 353 g/mol. The number of aryl methyl sites for hydroxylation is 2. The number of hydrogen-bond donors (Lipinski definition) is 1. The van der Waals surface area contributed by atoms with E-state index in [1.807, 2.05) is 30.3 Å². The lowest BCUT2D eigenvalue weighted by atomic mass is 10.1. The molecule has 0 saturated carbocycles. The van der Waals surface area contributed by atoms with E-state index in [0.29, 0.717) is 11.5 Å². The molecule has 1 N–H and O–H groups in total. The maximum atomic E-state index is 14.1. The average Bonchev–Trinajstić information content (AvgIpc) is 3.16. The minimum absolute atomic E-state index is 0.163. The van der Waals surface area contributed by atoms with E-state index in [2.05, 4.69) is 47.6 Å². The van der Waals surface area contributed by atoms with Gasteiger partial charge in [-0.05, 0) is 54.8 Å². The van der Waals surface area contributed by atoms with E-state index in [0.717, 1.165) is 22.4 Å². The standard InChI is InChI=1S/C23H20FN3O/c1-15-12-16(2)14-18(13-15)25-21(17-8-4-3-5-9-17)23-27-26-22(28-23)19-10-6-7-11-20(19)24/h3-14,21,25H,1-2H3. The van der Waals surface area contributed by atoms with Crippen LogP contribution in [-0.2, 0) is 0 Å². The summed E-state index contributed by atoms with van der Waals surface area (Å²) in [6.07, 6.45) is 0. The third kappa shape index (κ3) is 3.78. The predicted molar refractivity (Wildman–Crippen MR) is 108 cm³/mol. The summed E-state index contributed by atoms with van der Waals surface area (Å²) in [6.45, 7) is 4.11. The molecule has 1 heterocycles. The Bertz CT molecular complexity index is 1070. The van der Waals surface area contributed by atoms with Crippen molar-refractivity contribution in [2.75, 3.05) is 5.32 Å². The Morgan fingerprint density at radius 1 is 0.857 bits per heavy atom. The highest BCUT2D eigenvalue weighted by Crippen LogP contribution is 2.29. The Morgan fingerprint density at radius 2 is 1.54 bits per heavy atom. The summed E-state index contributed by atoms with van der Waals surface area (Å²) in [7, 11) is 0. The molecule has 0 saturated heterocycles. The number of nitrogens with zero attached hydrogens (tertiary/aromatic N) is 2. The summed E-state index contributed by atoms with van der Waals surface area (Å²) in [6, 6.07) is 22.1. The number of aromatic nitrogens is 2. The summed E-state index contributed by atoms with van der Waals surface area (Å²) in [4.78, 5) is 0. The zero-order valence-electron chi connectivity index (χ0n) is 15.7. The Hall–Kier alpha value is -3.47. The lowest BCUT2D eigenvalue weighted by Crippen LogP contribution is -2.13. The number of halogens is 1. The van der Waals surface area contributed by atoms with Gasteiger partial charge in [-0.3, -0.25) is 0 Å². The van der Waals surface area contributed by atoms with Gasteiger partial charge in [0.25, 0.3) is 5.89 Å². The first-order valence-electron chi connectivity index (χ1n) is 9.08. The van der Waals surface area contributed by atoms with Crippen molar-refractivity contribution in [1.29, 1.82) is 0 Å². The van der Waals surface area contributed by atoms with E-state index in [-0.39, 0.29) is 11.9 Å². The van der Waals surface area contributed by atoms with Crippen LogP contribution >= 0.6 is 0 Å². The van der Waals surface area contributed by atoms with Gasteiger partial charge in [-0.1, -0.05) is 48.5 Å². The van der Waals surface area contributed by atoms with Gasteiger partial charge in [0.05, 0.1) is 5.56 Å². The van der Waals surface area contributed by atoms with Crippen molar-refractivity contribution in [1.82, 2.24) is 10.2 Å². The lowest BCUT2D eigenvalue weighted by molar-refractivity contribution is 0.490. The molecule has 0 aliphatic heterocycles. The van der Waals surface area contributed by atoms with Crippen molar-refractivity contribution in [2.24, 2.45) is 0 Å². The van der Waals surface area contributed by atoms with E-state index in [9.17, 15) is 4.39 Å². The fourth-order valence-corrected chi connectivity index (χ4v) is 3.25. The first kappa shape index (κ1) is 17.9. The fourth-order valence-electron chi connectivity index (χ4n) is 3.25. The summed E-state index contributed by atoms with van der Waals surface area (Å²) < 4.78 is 20.0. The van der Waals surface area contributed by atoms with Crippen LogP contribution in [0.1, 0.15) is 28.6 Å². The van der Waals surface area contributed by atoms with Crippen LogP contribution in [0.5, 0.6) is 0 Å². The number of hydrogen-bond acceptors (Lipinski definition) is 4. The van der Waals surface area contributed by atoms with Crippen molar-refractivity contribution >= 4 is 5.69 Å². The quantitative estimate of drug-likeness (QED) is 0.488. The summed E-state index contributed by atoms with van der Waals surface area (Å²) >= 11 is 0. The Balaban J connectivity index is 1.73. The van der Waals surface area contributed by atoms with Crippen LogP contribution in [0.3, 0.4) is 0 Å². The van der Waals surface area contributed by atoms with Crippen LogP contribution in [0.15, 0.2) is 77.2 Å². The highest BCUT2D eigenvalue weighted by molar-refractivity contribution is 5.54. The van der Waals surface area contributed by atoms with Crippen molar-refractivity contribution in [3.05, 3.63) is 101 Å². The normalized spacial score (nSPS) is 12.0. The van der Waals surface area contributed by atoms with Gasteiger partial charge in [0, 0.05) is 5.69 Å². The topological polar surface area (TPSA) is 51.0 Å². The first-order chi connectivity index (χ1) is 13.6. The van der Waals surface area contributed by atoms with Crippen LogP contribution in [0.25, 0.3) is 11.5 Å². The van der Waals surface area contributed by atoms with Crippen LogP contribution in [0.2, 0.25) is 0 Å². The highest BCUT2D eigenvalue weighted by atomic mass is 19.1. The first-order valence-corrected chi connectivity index (χ1v) is 9.08. The summed E-state index contributed by atoms with van der Waals surface area (Å²) in [5.74, 6) is 0.149. The van der Waals surface area contributed by atoms with Crippen molar-refractivity contribution < 1.29 is 8.81 Å². The SMILES string of the molecule is Cc1cc(C)cc(NC(c2ccccc2)c2nnc(-c3ccccc3F)o2)c1. The highest BCUT2D eigenvalue weighted by Gasteiger charge is 2.22. The second-order valence-corrected chi connectivity index (χ2v) is 6.79. The molecule has 0 bridgehead atoms. The summed E-state index contributed by atoms with van der Waals surface area (Å²) in [5, 5.41) is 11.8. The third-order valence-electron chi connectivity index (χ3n) is 4.46. The molecule has 0 amide bonds. The monoisotopic (exact) mass is 373 g/mol. The summed E-state index contributed by atoms with van der Waals surface area (Å²) in [5.41, 5.74) is 4.54. The van der Waals surface area contributed by atoms with Gasteiger partial charge >= 0.3 is 0 Å². The largest absolute Gasteiger partial charge is 0.418 e. The van der Waals surface area contributed by atoms with E-state index < -0.39 is 5.82 Å². The van der Waals surface area contributed by atoms with Gasteiger partial charge in [0.2, 0.25) is 5.89 Å². The molecule has 1 atom stereocenters. The minimum Gasteiger partial charge on any atom is -0.418 e. The van der Waals surface area contributed by atoms with Crippen LogP contribution in [0, 0.1) is 19.7 Å². The molecule has 0 radical (unpaired) electrons. The average molecular weight is 373 g/mol. The molecule has 0 spiro atoms. The molecular formula is C23H20FN3O. The van der Waals surface area contributed by atoms with Crippen LogP contribution < -0.4 is 5.32 Å². The maximum Gasteiger partial charge on any atom is 0.250 e. The lowest BCUT2D eigenvalue weighted by Gasteiger charge is -2.18. The van der Waals surface area contributed by atoms with E-state index >= 15 is 0 Å². The number of benzene rings is 3. The Kier molecular flexibility index (Phi) is 4.89. The van der Waals surface area contributed by atoms with Crippen LogP contribution in [0.4, 0.5) is 10.1 Å². The minimum atomic E-state index is -0.392. The van der Waals surface area contributed by atoms with Crippen molar-refractivity contribution in [2.45, 2.75) is 19.9 Å². The van der Waals surface area contributed by atoms with E-state index in [4.69, 9.17) is 4.42 Å². The zero-order chi connectivity index (χ0) is 19.5. The number of nitrogens with one attached hydrogen (secondary N) is 1. The fraction of sp³-hybridized carbons (Fsp3) is 0.130. The molecule has 28 heavy (non-hydrogen) atoms. The van der Waals surface area contributed by atoms with Crippen molar-refractivity contribution in [3.8, 4) is 11.5 Å². The Morgan fingerprint density at radius 3 is 2.25 bits per heavy atom. The van der Waals surface area contributed by atoms with E-state index in [1.165, 1.54) is 6.07 Å². The molecule has 0 aliphatic carbocycles. The van der Waals surface area contributed by atoms with Gasteiger partial charge in [-0.15, -0.1) is 10.2 Å². The number of rotatable bonds is 5. The van der Waals surface area contributed by atoms with Gasteiger partial charge in [-0.25, -0.2) is 4.39 Å². The van der Waals surface area contributed by atoms with E-state index in [1.54, 1.807) is 18.2 Å². The molecule has 1 aromatic heterocycles. The maximum absolute atomic E-state index is 14.1. The molecule has 140 valence electrons. The second-order valence-electron chi connectivity index (χ2n) is 6.79. The van der Waals surface area contributed by atoms with Gasteiger partial charge in [0.15, 0.2) is 0 Å². The molecule has 1 unspecified atom stereocenters.